The number of aromatic nitrogens is 1. The smallest absolute Gasteiger partial charge is 0.156 e. The SMILES string of the molecule is C=CCC(C#N)(C#N)C(c1ccccc1)C(N=C(c1ccccc1)c1ccccc1)c1nccs1. The third-order valence-corrected chi connectivity index (χ3v) is 6.78. The fourth-order valence-electron chi connectivity index (χ4n) is 4.31. The first-order valence-corrected chi connectivity index (χ1v) is 12.2. The number of benzene rings is 3. The van der Waals surface area contributed by atoms with Gasteiger partial charge in [0, 0.05) is 28.6 Å². The summed E-state index contributed by atoms with van der Waals surface area (Å²) < 4.78 is 0. The van der Waals surface area contributed by atoms with Crippen LogP contribution in [-0.4, -0.2) is 10.7 Å². The normalized spacial score (nSPS) is 12.5. The second-order valence-electron chi connectivity index (χ2n) is 8.10. The van der Waals surface area contributed by atoms with E-state index in [4.69, 9.17) is 4.99 Å². The molecule has 2 atom stereocenters. The van der Waals surface area contributed by atoms with Gasteiger partial charge in [-0.3, -0.25) is 4.99 Å². The van der Waals surface area contributed by atoms with Crippen LogP contribution in [0, 0.1) is 28.1 Å². The minimum absolute atomic E-state index is 0.211. The Labute approximate surface area is 210 Å². The fraction of sp³-hybridized carbons (Fsp3) is 0.133. The number of hydrogen-bond acceptors (Lipinski definition) is 5. The molecule has 35 heavy (non-hydrogen) atoms. The summed E-state index contributed by atoms with van der Waals surface area (Å²) in [5, 5.41) is 23.4. The van der Waals surface area contributed by atoms with Gasteiger partial charge in [-0.05, 0) is 12.0 Å². The Bertz CT molecular complexity index is 1290. The van der Waals surface area contributed by atoms with E-state index in [-0.39, 0.29) is 6.42 Å². The molecule has 0 aliphatic heterocycles. The number of nitrogens with zero attached hydrogens (tertiary/aromatic N) is 4. The lowest BCUT2D eigenvalue weighted by molar-refractivity contribution is 0.360. The minimum Gasteiger partial charge on any atom is -0.273 e. The van der Waals surface area contributed by atoms with Crippen molar-refractivity contribution in [3.05, 3.63) is 137 Å². The van der Waals surface area contributed by atoms with Crippen LogP contribution in [0.4, 0.5) is 0 Å². The fourth-order valence-corrected chi connectivity index (χ4v) is 5.02. The van der Waals surface area contributed by atoms with E-state index in [1.165, 1.54) is 11.3 Å². The number of hydrogen-bond donors (Lipinski definition) is 0. The van der Waals surface area contributed by atoms with Gasteiger partial charge >= 0.3 is 0 Å². The van der Waals surface area contributed by atoms with Gasteiger partial charge in [0.2, 0.25) is 0 Å². The summed E-state index contributed by atoms with van der Waals surface area (Å²) in [5.74, 6) is -0.565. The second-order valence-corrected chi connectivity index (χ2v) is 9.03. The molecule has 2 unspecified atom stereocenters. The summed E-state index contributed by atoms with van der Waals surface area (Å²) in [7, 11) is 0. The first-order valence-electron chi connectivity index (χ1n) is 11.3. The quantitative estimate of drug-likeness (QED) is 0.192. The molecule has 4 aromatic rings. The molecule has 0 bridgehead atoms. The Morgan fingerprint density at radius 3 is 1.91 bits per heavy atom. The van der Waals surface area contributed by atoms with Crippen molar-refractivity contribution in [3.63, 3.8) is 0 Å². The molecule has 0 amide bonds. The standard InChI is InChI=1S/C30H24N4S/c1-2-18-30(21-31,22-32)26(23-12-6-3-7-13-23)28(29-33-19-20-35-29)34-27(24-14-8-4-9-15-24)25-16-10-5-11-17-25/h2-17,19-20,26,28H,1,18H2. The van der Waals surface area contributed by atoms with E-state index in [0.717, 1.165) is 27.4 Å². The summed E-state index contributed by atoms with van der Waals surface area (Å²) in [6.45, 7) is 3.84. The molecule has 0 saturated heterocycles. The topological polar surface area (TPSA) is 72.8 Å². The van der Waals surface area contributed by atoms with Crippen molar-refractivity contribution in [2.24, 2.45) is 10.4 Å². The largest absolute Gasteiger partial charge is 0.273 e. The molecule has 0 spiro atoms. The zero-order valence-corrected chi connectivity index (χ0v) is 20.0. The van der Waals surface area contributed by atoms with Crippen LogP contribution in [0.5, 0.6) is 0 Å². The maximum atomic E-state index is 10.4. The molecule has 1 aromatic heterocycles. The van der Waals surface area contributed by atoms with E-state index in [9.17, 15) is 10.5 Å². The lowest BCUT2D eigenvalue weighted by atomic mass is 9.68. The highest BCUT2D eigenvalue weighted by Crippen LogP contribution is 2.49. The third kappa shape index (κ3) is 5.11. The van der Waals surface area contributed by atoms with Crippen LogP contribution in [0.2, 0.25) is 0 Å². The van der Waals surface area contributed by atoms with Crippen molar-refractivity contribution >= 4 is 17.0 Å². The van der Waals surface area contributed by atoms with Gasteiger partial charge in [0.1, 0.15) is 11.0 Å². The maximum absolute atomic E-state index is 10.4. The van der Waals surface area contributed by atoms with Gasteiger partial charge < -0.3 is 0 Å². The minimum atomic E-state index is -1.37. The van der Waals surface area contributed by atoms with Gasteiger partial charge in [-0.1, -0.05) is 97.1 Å². The molecule has 0 aliphatic carbocycles. The summed E-state index contributed by atoms with van der Waals surface area (Å²) >= 11 is 1.48. The molecular formula is C30H24N4S. The van der Waals surface area contributed by atoms with Gasteiger partial charge in [0.05, 0.1) is 17.9 Å². The Morgan fingerprint density at radius 1 is 0.914 bits per heavy atom. The highest BCUT2D eigenvalue weighted by Gasteiger charge is 2.46. The summed E-state index contributed by atoms with van der Waals surface area (Å²) in [5.41, 5.74) is 2.18. The van der Waals surface area contributed by atoms with Crippen molar-refractivity contribution in [1.29, 1.82) is 10.5 Å². The van der Waals surface area contributed by atoms with E-state index in [2.05, 4.69) is 23.7 Å². The first kappa shape index (κ1) is 23.8. The Kier molecular flexibility index (Phi) is 7.63. The highest BCUT2D eigenvalue weighted by molar-refractivity contribution is 7.09. The van der Waals surface area contributed by atoms with Crippen molar-refractivity contribution in [2.75, 3.05) is 0 Å². The molecule has 170 valence electrons. The third-order valence-electron chi connectivity index (χ3n) is 5.94. The second kappa shape index (κ2) is 11.2. The van der Waals surface area contributed by atoms with Crippen LogP contribution >= 0.6 is 11.3 Å². The van der Waals surface area contributed by atoms with Gasteiger partial charge in [0.15, 0.2) is 5.41 Å². The molecule has 0 N–H and O–H groups in total. The Balaban J connectivity index is 2.02. The molecule has 0 saturated carbocycles. The van der Waals surface area contributed by atoms with Crippen molar-refractivity contribution < 1.29 is 0 Å². The lowest BCUT2D eigenvalue weighted by Gasteiger charge is -2.33. The van der Waals surface area contributed by atoms with Crippen LogP contribution in [0.1, 0.15) is 40.1 Å². The average Bonchev–Trinajstić information content (AvgIpc) is 3.46. The molecule has 5 heteroatoms. The lowest BCUT2D eigenvalue weighted by Crippen LogP contribution is -2.30. The molecule has 0 radical (unpaired) electrons. The van der Waals surface area contributed by atoms with Crippen LogP contribution in [-0.2, 0) is 0 Å². The number of allylic oxidation sites excluding steroid dienone is 1. The molecule has 1 heterocycles. The van der Waals surface area contributed by atoms with E-state index in [1.54, 1.807) is 12.3 Å². The zero-order valence-electron chi connectivity index (χ0n) is 19.2. The van der Waals surface area contributed by atoms with E-state index >= 15 is 0 Å². The number of nitriles is 2. The summed E-state index contributed by atoms with van der Waals surface area (Å²) in [6.07, 6.45) is 3.59. The summed E-state index contributed by atoms with van der Waals surface area (Å²) in [6, 6.07) is 33.7. The molecule has 0 aliphatic rings. The molecule has 3 aromatic carbocycles. The van der Waals surface area contributed by atoms with Gasteiger partial charge in [-0.25, -0.2) is 4.98 Å². The van der Waals surface area contributed by atoms with Gasteiger partial charge in [-0.15, -0.1) is 17.9 Å². The maximum Gasteiger partial charge on any atom is 0.156 e. The van der Waals surface area contributed by atoms with Crippen LogP contribution in [0.25, 0.3) is 0 Å². The van der Waals surface area contributed by atoms with Crippen LogP contribution in [0.3, 0.4) is 0 Å². The summed E-state index contributed by atoms with van der Waals surface area (Å²) in [4.78, 5) is 9.92. The average molecular weight is 473 g/mol. The monoisotopic (exact) mass is 472 g/mol. The predicted octanol–water partition coefficient (Wildman–Crippen LogP) is 7.12. The van der Waals surface area contributed by atoms with E-state index < -0.39 is 17.4 Å². The van der Waals surface area contributed by atoms with Crippen molar-refractivity contribution in [1.82, 2.24) is 4.98 Å². The van der Waals surface area contributed by atoms with Crippen LogP contribution < -0.4 is 0 Å². The first-order chi connectivity index (χ1) is 17.2. The van der Waals surface area contributed by atoms with E-state index in [0.29, 0.717) is 0 Å². The predicted molar refractivity (Wildman–Crippen MR) is 141 cm³/mol. The number of rotatable bonds is 9. The number of thiazole rings is 1. The number of aliphatic imine (C=N–C) groups is 1. The van der Waals surface area contributed by atoms with Gasteiger partial charge in [-0.2, -0.15) is 10.5 Å². The molecule has 4 nitrogen and oxygen atoms in total. The Hall–Kier alpha value is -4.32. The molecule has 4 rings (SSSR count). The van der Waals surface area contributed by atoms with Crippen molar-refractivity contribution in [3.8, 4) is 12.1 Å². The van der Waals surface area contributed by atoms with Crippen molar-refractivity contribution in [2.45, 2.75) is 18.4 Å². The molecular weight excluding hydrogens is 448 g/mol. The van der Waals surface area contributed by atoms with Gasteiger partial charge in [0.25, 0.3) is 0 Å². The highest BCUT2D eigenvalue weighted by atomic mass is 32.1. The Morgan fingerprint density at radius 2 is 1.46 bits per heavy atom. The zero-order chi connectivity index (χ0) is 24.5. The van der Waals surface area contributed by atoms with E-state index in [1.807, 2.05) is 96.4 Å². The van der Waals surface area contributed by atoms with Crippen LogP contribution in [0.15, 0.2) is 120 Å². The molecule has 0 fully saturated rings.